The number of hydrogen-bond acceptors (Lipinski definition) is 3. The fourth-order valence-electron chi connectivity index (χ4n) is 1.55. The van der Waals surface area contributed by atoms with Gasteiger partial charge in [-0.3, -0.25) is 4.98 Å². The van der Waals surface area contributed by atoms with E-state index in [4.69, 9.17) is 11.6 Å². The van der Waals surface area contributed by atoms with Crippen LogP contribution >= 0.6 is 23.4 Å². The van der Waals surface area contributed by atoms with E-state index in [9.17, 15) is 0 Å². The van der Waals surface area contributed by atoms with Crippen molar-refractivity contribution in [2.24, 2.45) is 0 Å². The van der Waals surface area contributed by atoms with Crippen LogP contribution in [-0.2, 0) is 0 Å². The third-order valence-corrected chi connectivity index (χ3v) is 3.70. The Morgan fingerprint density at radius 3 is 2.93 bits per heavy atom. The molecule has 0 unspecified atom stereocenters. The second-order valence-electron chi connectivity index (χ2n) is 3.39. The molecule has 1 aromatic heterocycles. The molecular formula is C10H13ClN2S. The van der Waals surface area contributed by atoms with E-state index in [0.29, 0.717) is 11.1 Å². The summed E-state index contributed by atoms with van der Waals surface area (Å²) >= 11 is 8.04. The largest absolute Gasteiger partial charge is 0.381 e. The number of halogens is 1. The van der Waals surface area contributed by atoms with E-state index >= 15 is 0 Å². The summed E-state index contributed by atoms with van der Waals surface area (Å²) in [6.45, 7) is 0. The van der Waals surface area contributed by atoms with Crippen molar-refractivity contribution < 1.29 is 0 Å². The molecular weight excluding hydrogens is 216 g/mol. The number of anilines is 1. The van der Waals surface area contributed by atoms with Gasteiger partial charge in [-0.25, -0.2) is 0 Å². The van der Waals surface area contributed by atoms with Crippen molar-refractivity contribution in [1.29, 1.82) is 0 Å². The molecule has 1 fully saturated rings. The van der Waals surface area contributed by atoms with E-state index < -0.39 is 0 Å². The first kappa shape index (κ1) is 10.1. The van der Waals surface area contributed by atoms with E-state index in [0.717, 1.165) is 5.69 Å². The SMILES string of the molecule is Clc1cnccc1NC1CCSCC1. The molecule has 0 spiro atoms. The maximum absolute atomic E-state index is 6.01. The molecule has 0 atom stereocenters. The first-order valence-corrected chi connectivity index (χ1v) is 6.33. The second kappa shape index (κ2) is 4.89. The number of hydrogen-bond donors (Lipinski definition) is 1. The molecule has 1 aliphatic rings. The van der Waals surface area contributed by atoms with Crippen molar-refractivity contribution in [2.45, 2.75) is 18.9 Å². The van der Waals surface area contributed by atoms with Gasteiger partial charge in [-0.15, -0.1) is 0 Å². The Morgan fingerprint density at radius 1 is 1.43 bits per heavy atom. The molecule has 14 heavy (non-hydrogen) atoms. The molecule has 1 aromatic rings. The molecule has 0 bridgehead atoms. The Kier molecular flexibility index (Phi) is 3.54. The number of aromatic nitrogens is 1. The van der Waals surface area contributed by atoms with Crippen LogP contribution in [0.1, 0.15) is 12.8 Å². The van der Waals surface area contributed by atoms with Gasteiger partial charge < -0.3 is 5.32 Å². The summed E-state index contributed by atoms with van der Waals surface area (Å²) in [5, 5.41) is 4.18. The minimum Gasteiger partial charge on any atom is -0.381 e. The fraction of sp³-hybridized carbons (Fsp3) is 0.500. The molecule has 2 heterocycles. The maximum atomic E-state index is 6.01. The molecule has 4 heteroatoms. The number of rotatable bonds is 2. The van der Waals surface area contributed by atoms with Crippen LogP contribution in [0, 0.1) is 0 Å². The highest BCUT2D eigenvalue weighted by atomic mass is 35.5. The topological polar surface area (TPSA) is 24.9 Å². The monoisotopic (exact) mass is 228 g/mol. The normalized spacial score (nSPS) is 18.1. The molecule has 2 nitrogen and oxygen atoms in total. The lowest BCUT2D eigenvalue weighted by Gasteiger charge is -2.23. The van der Waals surface area contributed by atoms with Gasteiger partial charge in [0.25, 0.3) is 0 Å². The fourth-order valence-corrected chi connectivity index (χ4v) is 2.83. The van der Waals surface area contributed by atoms with Gasteiger partial charge in [-0.2, -0.15) is 11.8 Å². The summed E-state index contributed by atoms with van der Waals surface area (Å²) in [6, 6.07) is 2.51. The minimum absolute atomic E-state index is 0.580. The summed E-state index contributed by atoms with van der Waals surface area (Å²) in [4.78, 5) is 3.96. The summed E-state index contributed by atoms with van der Waals surface area (Å²) in [6.07, 6.45) is 5.90. The molecule has 0 saturated carbocycles. The first-order chi connectivity index (χ1) is 6.86. The number of nitrogens with one attached hydrogen (secondary N) is 1. The van der Waals surface area contributed by atoms with Crippen LogP contribution in [0.2, 0.25) is 5.02 Å². The molecule has 0 amide bonds. The summed E-state index contributed by atoms with van der Waals surface area (Å²) < 4.78 is 0. The van der Waals surface area contributed by atoms with Crippen LogP contribution in [-0.4, -0.2) is 22.5 Å². The zero-order valence-corrected chi connectivity index (χ0v) is 9.44. The minimum atomic E-state index is 0.580. The maximum Gasteiger partial charge on any atom is 0.0820 e. The average molecular weight is 229 g/mol. The van der Waals surface area contributed by atoms with Crippen LogP contribution in [0.15, 0.2) is 18.5 Å². The second-order valence-corrected chi connectivity index (χ2v) is 5.02. The molecule has 0 radical (unpaired) electrons. The van der Waals surface area contributed by atoms with E-state index in [2.05, 4.69) is 10.3 Å². The van der Waals surface area contributed by atoms with Gasteiger partial charge in [-0.05, 0) is 30.4 Å². The van der Waals surface area contributed by atoms with Crippen molar-refractivity contribution >= 4 is 29.1 Å². The van der Waals surface area contributed by atoms with Crippen LogP contribution in [0.5, 0.6) is 0 Å². The van der Waals surface area contributed by atoms with Gasteiger partial charge in [0.2, 0.25) is 0 Å². The highest BCUT2D eigenvalue weighted by Crippen LogP contribution is 2.24. The zero-order valence-electron chi connectivity index (χ0n) is 7.87. The lowest BCUT2D eigenvalue weighted by molar-refractivity contribution is 0.667. The standard InChI is InChI=1S/C10H13ClN2S/c11-9-7-12-4-1-10(9)13-8-2-5-14-6-3-8/h1,4,7-8H,2-3,5-6H2,(H,12,13). The molecule has 1 N–H and O–H groups in total. The summed E-state index contributed by atoms with van der Waals surface area (Å²) in [7, 11) is 0. The van der Waals surface area contributed by atoms with Crippen LogP contribution < -0.4 is 5.32 Å². The van der Waals surface area contributed by atoms with Crippen LogP contribution in [0.4, 0.5) is 5.69 Å². The predicted molar refractivity (Wildman–Crippen MR) is 63.2 cm³/mol. The van der Waals surface area contributed by atoms with Gasteiger partial charge >= 0.3 is 0 Å². The van der Waals surface area contributed by atoms with Gasteiger partial charge in [0.05, 0.1) is 10.7 Å². The zero-order chi connectivity index (χ0) is 9.80. The smallest absolute Gasteiger partial charge is 0.0820 e. The quantitative estimate of drug-likeness (QED) is 0.843. The molecule has 76 valence electrons. The van der Waals surface area contributed by atoms with E-state index in [1.807, 2.05) is 17.8 Å². The van der Waals surface area contributed by atoms with Crippen molar-refractivity contribution in [3.05, 3.63) is 23.5 Å². The molecule has 0 aliphatic carbocycles. The van der Waals surface area contributed by atoms with Crippen LogP contribution in [0.3, 0.4) is 0 Å². The van der Waals surface area contributed by atoms with E-state index in [-0.39, 0.29) is 0 Å². The Morgan fingerprint density at radius 2 is 2.21 bits per heavy atom. The summed E-state index contributed by atoms with van der Waals surface area (Å²) in [5.74, 6) is 2.50. The average Bonchev–Trinajstić information content (AvgIpc) is 2.23. The predicted octanol–water partition coefficient (Wildman–Crippen LogP) is 3.04. The highest BCUT2D eigenvalue weighted by Gasteiger charge is 2.13. The number of nitrogens with zero attached hydrogens (tertiary/aromatic N) is 1. The molecule has 1 aliphatic heterocycles. The number of thioether (sulfide) groups is 1. The molecule has 2 rings (SSSR count). The van der Waals surface area contributed by atoms with Gasteiger partial charge in [0, 0.05) is 18.4 Å². The first-order valence-electron chi connectivity index (χ1n) is 4.80. The Bertz CT molecular complexity index is 300. The molecule has 1 saturated heterocycles. The third kappa shape index (κ3) is 2.55. The van der Waals surface area contributed by atoms with Crippen molar-refractivity contribution in [3.63, 3.8) is 0 Å². The van der Waals surface area contributed by atoms with Crippen molar-refractivity contribution in [2.75, 3.05) is 16.8 Å². The highest BCUT2D eigenvalue weighted by molar-refractivity contribution is 7.99. The van der Waals surface area contributed by atoms with E-state index in [1.54, 1.807) is 12.4 Å². The van der Waals surface area contributed by atoms with Crippen LogP contribution in [0.25, 0.3) is 0 Å². The Labute approximate surface area is 93.4 Å². The van der Waals surface area contributed by atoms with Gasteiger partial charge in [0.1, 0.15) is 0 Å². The van der Waals surface area contributed by atoms with Crippen molar-refractivity contribution in [3.8, 4) is 0 Å². The third-order valence-electron chi connectivity index (χ3n) is 2.35. The van der Waals surface area contributed by atoms with Gasteiger partial charge in [-0.1, -0.05) is 11.6 Å². The lowest BCUT2D eigenvalue weighted by atomic mass is 10.1. The number of pyridine rings is 1. The van der Waals surface area contributed by atoms with Gasteiger partial charge in [0.15, 0.2) is 0 Å². The molecule has 0 aromatic carbocycles. The Balaban J connectivity index is 1.99. The summed E-state index contributed by atoms with van der Waals surface area (Å²) in [5.41, 5.74) is 1.01. The van der Waals surface area contributed by atoms with E-state index in [1.165, 1.54) is 24.3 Å². The lowest BCUT2D eigenvalue weighted by Crippen LogP contribution is -2.24. The Hall–Kier alpha value is -0.410. The van der Waals surface area contributed by atoms with Crippen molar-refractivity contribution in [1.82, 2.24) is 4.98 Å².